The van der Waals surface area contributed by atoms with Gasteiger partial charge < -0.3 is 20.7 Å². The number of para-hydroxylation sites is 2. The van der Waals surface area contributed by atoms with E-state index in [1.54, 1.807) is 84.9 Å². The largest absolute Gasteiger partial charge is 0.493 e. The Kier molecular flexibility index (Phi) is 10.6. The molecular formula is C32H28ClN3O4S. The lowest BCUT2D eigenvalue weighted by Crippen LogP contribution is -2.30. The van der Waals surface area contributed by atoms with Gasteiger partial charge in [-0.25, -0.2) is 0 Å². The Labute approximate surface area is 248 Å². The molecule has 0 atom stereocenters. The van der Waals surface area contributed by atoms with Gasteiger partial charge >= 0.3 is 0 Å². The van der Waals surface area contributed by atoms with E-state index >= 15 is 0 Å². The van der Waals surface area contributed by atoms with Crippen molar-refractivity contribution in [1.82, 2.24) is 5.32 Å². The summed E-state index contributed by atoms with van der Waals surface area (Å²) in [6.07, 6.45) is 1.58. The van der Waals surface area contributed by atoms with E-state index in [1.807, 2.05) is 31.2 Å². The third-order valence-corrected chi connectivity index (χ3v) is 6.98. The zero-order valence-corrected chi connectivity index (χ0v) is 23.8. The smallest absolute Gasteiger partial charge is 0.272 e. The van der Waals surface area contributed by atoms with E-state index in [2.05, 4.69) is 16.0 Å². The topological polar surface area (TPSA) is 96.5 Å². The Bertz CT molecular complexity index is 1560. The molecule has 0 saturated heterocycles. The number of anilines is 2. The number of nitrogens with one attached hydrogen (secondary N) is 3. The maximum atomic E-state index is 13.4. The van der Waals surface area contributed by atoms with Crippen LogP contribution in [-0.2, 0) is 9.59 Å². The predicted octanol–water partition coefficient (Wildman–Crippen LogP) is 6.88. The molecule has 4 aromatic rings. The van der Waals surface area contributed by atoms with Crippen LogP contribution in [0.4, 0.5) is 11.4 Å². The Hall–Kier alpha value is -4.53. The number of rotatable bonds is 11. The lowest BCUT2D eigenvalue weighted by Gasteiger charge is -2.13. The van der Waals surface area contributed by atoms with Crippen LogP contribution in [0.3, 0.4) is 0 Å². The number of hydrogen-bond acceptors (Lipinski definition) is 5. The number of benzene rings is 4. The first kappa shape index (κ1) is 29.5. The zero-order chi connectivity index (χ0) is 29.0. The summed E-state index contributed by atoms with van der Waals surface area (Å²) in [6, 6.07) is 30.0. The zero-order valence-electron chi connectivity index (χ0n) is 22.2. The summed E-state index contributed by atoms with van der Waals surface area (Å²) in [5.74, 6) is -0.411. The predicted molar refractivity (Wildman–Crippen MR) is 165 cm³/mol. The summed E-state index contributed by atoms with van der Waals surface area (Å²) in [7, 11) is 0. The van der Waals surface area contributed by atoms with Gasteiger partial charge in [0.1, 0.15) is 11.4 Å². The van der Waals surface area contributed by atoms with E-state index in [4.69, 9.17) is 16.3 Å². The maximum Gasteiger partial charge on any atom is 0.272 e. The molecule has 0 spiro atoms. The first-order chi connectivity index (χ1) is 19.9. The summed E-state index contributed by atoms with van der Waals surface area (Å²) in [5, 5.41) is 8.84. The molecule has 4 rings (SSSR count). The van der Waals surface area contributed by atoms with Crippen molar-refractivity contribution in [2.45, 2.75) is 11.8 Å². The monoisotopic (exact) mass is 585 g/mol. The number of ether oxygens (including phenoxy) is 1. The van der Waals surface area contributed by atoms with Gasteiger partial charge in [-0.1, -0.05) is 66.2 Å². The van der Waals surface area contributed by atoms with Gasteiger partial charge in [-0.05, 0) is 61.5 Å². The second kappa shape index (κ2) is 14.7. The molecule has 0 radical (unpaired) electrons. The number of halogens is 1. The first-order valence-corrected chi connectivity index (χ1v) is 14.2. The fourth-order valence-electron chi connectivity index (χ4n) is 3.74. The van der Waals surface area contributed by atoms with Gasteiger partial charge in [0.2, 0.25) is 5.91 Å². The van der Waals surface area contributed by atoms with E-state index in [9.17, 15) is 14.4 Å². The highest BCUT2D eigenvalue weighted by Gasteiger charge is 2.16. The van der Waals surface area contributed by atoms with Crippen LogP contribution in [0.1, 0.15) is 22.8 Å². The van der Waals surface area contributed by atoms with Crippen molar-refractivity contribution in [3.8, 4) is 5.75 Å². The quantitative estimate of drug-likeness (QED) is 0.132. The van der Waals surface area contributed by atoms with Crippen molar-refractivity contribution in [1.29, 1.82) is 0 Å². The Morgan fingerprint density at radius 3 is 2.37 bits per heavy atom. The SMILES string of the molecule is CCOc1ccccc1/C=C(/NC(=O)c1ccccc1)C(=O)Nc1cccc(SCC(=O)Nc2ccccc2Cl)c1. The molecule has 0 aromatic heterocycles. The second-order valence-electron chi connectivity index (χ2n) is 8.65. The molecule has 3 amide bonds. The summed E-state index contributed by atoms with van der Waals surface area (Å²) in [5.41, 5.74) is 2.15. The Morgan fingerprint density at radius 2 is 1.59 bits per heavy atom. The average molecular weight is 586 g/mol. The van der Waals surface area contributed by atoms with Gasteiger partial charge in [0, 0.05) is 21.7 Å². The third-order valence-electron chi connectivity index (χ3n) is 5.66. The van der Waals surface area contributed by atoms with Crippen molar-refractivity contribution >= 4 is 58.5 Å². The molecule has 0 aliphatic rings. The van der Waals surface area contributed by atoms with Crippen LogP contribution in [0.25, 0.3) is 6.08 Å². The van der Waals surface area contributed by atoms with E-state index in [0.717, 1.165) is 4.90 Å². The van der Waals surface area contributed by atoms with Crippen molar-refractivity contribution < 1.29 is 19.1 Å². The van der Waals surface area contributed by atoms with Gasteiger partial charge in [0.25, 0.3) is 11.8 Å². The van der Waals surface area contributed by atoms with E-state index in [1.165, 1.54) is 11.8 Å². The minimum Gasteiger partial charge on any atom is -0.493 e. The van der Waals surface area contributed by atoms with Crippen molar-refractivity contribution in [2.24, 2.45) is 0 Å². The molecule has 9 heteroatoms. The second-order valence-corrected chi connectivity index (χ2v) is 10.1. The number of thioether (sulfide) groups is 1. The molecule has 0 aliphatic heterocycles. The molecule has 0 heterocycles. The van der Waals surface area contributed by atoms with Crippen molar-refractivity contribution in [2.75, 3.05) is 23.0 Å². The highest BCUT2D eigenvalue weighted by atomic mass is 35.5. The maximum absolute atomic E-state index is 13.4. The molecular weight excluding hydrogens is 558 g/mol. The van der Waals surface area contributed by atoms with E-state index < -0.39 is 11.8 Å². The standard InChI is InChI=1S/C32H28ClN3O4S/c1-2-40-29-18-9-6-13-23(29)19-28(36-31(38)22-11-4-3-5-12-22)32(39)34-24-14-10-15-25(20-24)41-21-30(37)35-27-17-8-7-16-26(27)33/h3-20H,2,21H2,1H3,(H,34,39)(H,35,37)(H,36,38)/b28-19+. The van der Waals surface area contributed by atoms with Gasteiger partial charge in [-0.3, -0.25) is 14.4 Å². The molecule has 0 fully saturated rings. The van der Waals surface area contributed by atoms with E-state index in [0.29, 0.717) is 39.9 Å². The normalized spacial score (nSPS) is 10.9. The van der Waals surface area contributed by atoms with Crippen LogP contribution in [0.5, 0.6) is 5.75 Å². The fraction of sp³-hybridized carbons (Fsp3) is 0.0938. The average Bonchev–Trinajstić information content (AvgIpc) is 2.98. The van der Waals surface area contributed by atoms with Gasteiger partial charge in [-0.2, -0.15) is 0 Å². The molecule has 208 valence electrons. The molecule has 0 unspecified atom stereocenters. The minimum absolute atomic E-state index is 0.0446. The first-order valence-electron chi connectivity index (χ1n) is 12.8. The van der Waals surface area contributed by atoms with Crippen LogP contribution in [0, 0.1) is 0 Å². The molecule has 0 bridgehead atoms. The highest BCUT2D eigenvalue weighted by molar-refractivity contribution is 8.00. The summed E-state index contributed by atoms with van der Waals surface area (Å²) in [4.78, 5) is 39.6. The van der Waals surface area contributed by atoms with Gasteiger partial charge in [0.15, 0.2) is 0 Å². The molecule has 3 N–H and O–H groups in total. The molecule has 7 nitrogen and oxygen atoms in total. The van der Waals surface area contributed by atoms with Crippen LogP contribution in [0.2, 0.25) is 5.02 Å². The summed E-state index contributed by atoms with van der Waals surface area (Å²) >= 11 is 7.44. The molecule has 41 heavy (non-hydrogen) atoms. The van der Waals surface area contributed by atoms with Crippen LogP contribution >= 0.6 is 23.4 Å². The number of hydrogen-bond donors (Lipinski definition) is 3. The van der Waals surface area contributed by atoms with Crippen LogP contribution in [0.15, 0.2) is 114 Å². The third kappa shape index (κ3) is 8.73. The lowest BCUT2D eigenvalue weighted by molar-refractivity contribution is -0.114. The number of amides is 3. The number of carbonyl (C=O) groups excluding carboxylic acids is 3. The molecule has 4 aromatic carbocycles. The molecule has 0 saturated carbocycles. The van der Waals surface area contributed by atoms with E-state index in [-0.39, 0.29) is 17.4 Å². The van der Waals surface area contributed by atoms with Crippen molar-refractivity contribution in [3.05, 3.63) is 125 Å². The highest BCUT2D eigenvalue weighted by Crippen LogP contribution is 2.25. The number of carbonyl (C=O) groups is 3. The van der Waals surface area contributed by atoms with Gasteiger partial charge in [-0.15, -0.1) is 11.8 Å². The van der Waals surface area contributed by atoms with Gasteiger partial charge in [0.05, 0.1) is 23.1 Å². The Balaban J connectivity index is 1.49. The minimum atomic E-state index is -0.515. The van der Waals surface area contributed by atoms with Crippen LogP contribution in [-0.4, -0.2) is 30.1 Å². The van der Waals surface area contributed by atoms with Crippen molar-refractivity contribution in [3.63, 3.8) is 0 Å². The Morgan fingerprint density at radius 1 is 0.854 bits per heavy atom. The summed E-state index contributed by atoms with van der Waals surface area (Å²) in [6.45, 7) is 2.32. The summed E-state index contributed by atoms with van der Waals surface area (Å²) < 4.78 is 5.70. The van der Waals surface area contributed by atoms with Crippen LogP contribution < -0.4 is 20.7 Å². The molecule has 0 aliphatic carbocycles. The lowest BCUT2D eigenvalue weighted by atomic mass is 10.1. The fourth-order valence-corrected chi connectivity index (χ4v) is 4.68.